The fraction of sp³-hybridized carbons (Fsp3) is 0.133. The smallest absolute Gasteiger partial charge is 0.357 e. The molecule has 1 N–H and O–H groups in total. The molecule has 2 aromatic heterocycles. The fourth-order valence-electron chi connectivity index (χ4n) is 2.24. The Morgan fingerprint density at radius 2 is 2.22 bits per heavy atom. The van der Waals surface area contributed by atoms with Crippen LogP contribution in [0.3, 0.4) is 0 Å². The van der Waals surface area contributed by atoms with Gasteiger partial charge in [0.1, 0.15) is 5.82 Å². The third kappa shape index (κ3) is 2.70. The molecule has 0 aliphatic carbocycles. The van der Waals surface area contributed by atoms with Crippen LogP contribution in [0.1, 0.15) is 21.6 Å². The lowest BCUT2D eigenvalue weighted by Crippen LogP contribution is -2.12. The standard InChI is InChI=1S/C15H11ClFN3O3/c1-23-15(22)13-9(6-8-2-3-10(16)11(17)7-8)14(21)20-12(19-13)4-5-18-20/h2-5,7,21H,6H2,1H3. The predicted molar refractivity (Wildman–Crippen MR) is 80.2 cm³/mol. The Morgan fingerprint density at radius 1 is 1.43 bits per heavy atom. The van der Waals surface area contributed by atoms with Gasteiger partial charge in [-0.25, -0.2) is 14.2 Å². The average Bonchev–Trinajstić information content (AvgIpc) is 3.01. The van der Waals surface area contributed by atoms with E-state index in [1.54, 1.807) is 6.07 Å². The topological polar surface area (TPSA) is 76.7 Å². The number of carbonyl (C=O) groups is 1. The molecule has 0 aliphatic rings. The van der Waals surface area contributed by atoms with Gasteiger partial charge < -0.3 is 9.84 Å². The Hall–Kier alpha value is -2.67. The molecule has 0 amide bonds. The maximum atomic E-state index is 13.6. The fourth-order valence-corrected chi connectivity index (χ4v) is 2.36. The van der Waals surface area contributed by atoms with Gasteiger partial charge >= 0.3 is 5.97 Å². The molecule has 23 heavy (non-hydrogen) atoms. The highest BCUT2D eigenvalue weighted by molar-refractivity contribution is 6.30. The summed E-state index contributed by atoms with van der Waals surface area (Å²) in [6, 6.07) is 5.77. The second-order valence-electron chi connectivity index (χ2n) is 4.78. The monoisotopic (exact) mass is 335 g/mol. The minimum atomic E-state index is -0.701. The van der Waals surface area contributed by atoms with Gasteiger partial charge in [0.2, 0.25) is 5.88 Å². The molecule has 6 nitrogen and oxygen atoms in total. The number of hydrogen-bond donors (Lipinski definition) is 1. The molecule has 1 aromatic carbocycles. The molecule has 0 unspecified atom stereocenters. The lowest BCUT2D eigenvalue weighted by atomic mass is 10.0. The third-order valence-electron chi connectivity index (χ3n) is 3.35. The Bertz CT molecular complexity index is 910. The Kier molecular flexibility index (Phi) is 3.87. The van der Waals surface area contributed by atoms with Crippen LogP contribution in [-0.2, 0) is 11.2 Å². The number of esters is 1. The largest absolute Gasteiger partial charge is 0.493 e. The molecule has 0 aliphatic heterocycles. The third-order valence-corrected chi connectivity index (χ3v) is 3.66. The maximum Gasteiger partial charge on any atom is 0.357 e. The number of carbonyl (C=O) groups excluding carboxylic acids is 1. The lowest BCUT2D eigenvalue weighted by Gasteiger charge is -2.11. The second-order valence-corrected chi connectivity index (χ2v) is 5.19. The van der Waals surface area contributed by atoms with Gasteiger partial charge in [0.25, 0.3) is 0 Å². The summed E-state index contributed by atoms with van der Waals surface area (Å²) in [7, 11) is 1.22. The molecule has 0 bridgehead atoms. The summed E-state index contributed by atoms with van der Waals surface area (Å²) in [6.07, 6.45) is 1.50. The van der Waals surface area contributed by atoms with Crippen molar-refractivity contribution in [2.75, 3.05) is 7.11 Å². The van der Waals surface area contributed by atoms with E-state index in [2.05, 4.69) is 10.1 Å². The van der Waals surface area contributed by atoms with Crippen molar-refractivity contribution in [1.82, 2.24) is 14.6 Å². The molecule has 3 aromatic rings. The van der Waals surface area contributed by atoms with E-state index < -0.39 is 11.8 Å². The Balaban J connectivity index is 2.15. The lowest BCUT2D eigenvalue weighted by molar-refractivity contribution is 0.0592. The predicted octanol–water partition coefficient (Wildman–Crippen LogP) is 2.60. The van der Waals surface area contributed by atoms with Crippen molar-refractivity contribution in [2.45, 2.75) is 6.42 Å². The maximum absolute atomic E-state index is 13.6. The molecular weight excluding hydrogens is 325 g/mol. The van der Waals surface area contributed by atoms with Crippen LogP contribution in [0.4, 0.5) is 4.39 Å². The van der Waals surface area contributed by atoms with E-state index in [9.17, 15) is 14.3 Å². The zero-order valence-corrected chi connectivity index (χ0v) is 12.7. The first-order valence-corrected chi connectivity index (χ1v) is 6.97. The molecule has 0 spiro atoms. The molecule has 0 fully saturated rings. The number of methoxy groups -OCH3 is 1. The van der Waals surface area contributed by atoms with Crippen LogP contribution in [0.25, 0.3) is 5.65 Å². The first-order chi connectivity index (χ1) is 11.0. The van der Waals surface area contributed by atoms with E-state index in [0.29, 0.717) is 11.2 Å². The van der Waals surface area contributed by atoms with Crippen LogP contribution in [-0.4, -0.2) is 32.8 Å². The number of nitrogens with zero attached hydrogens (tertiary/aromatic N) is 3. The average molecular weight is 336 g/mol. The van der Waals surface area contributed by atoms with E-state index in [-0.39, 0.29) is 28.6 Å². The summed E-state index contributed by atoms with van der Waals surface area (Å²) in [5.41, 5.74) is 0.956. The van der Waals surface area contributed by atoms with Gasteiger partial charge in [-0.05, 0) is 17.7 Å². The van der Waals surface area contributed by atoms with Gasteiger partial charge in [-0.1, -0.05) is 17.7 Å². The van der Waals surface area contributed by atoms with Crippen molar-refractivity contribution >= 4 is 23.2 Å². The minimum absolute atomic E-state index is 0.00758. The van der Waals surface area contributed by atoms with Gasteiger partial charge in [0.15, 0.2) is 11.3 Å². The Labute approximate surface area is 135 Å². The number of hydrogen-bond acceptors (Lipinski definition) is 5. The Morgan fingerprint density at radius 3 is 2.91 bits per heavy atom. The van der Waals surface area contributed by atoms with Crippen LogP contribution in [0.15, 0.2) is 30.5 Å². The number of rotatable bonds is 3. The van der Waals surface area contributed by atoms with Crippen LogP contribution < -0.4 is 0 Å². The van der Waals surface area contributed by atoms with Crippen LogP contribution in [0, 0.1) is 5.82 Å². The van der Waals surface area contributed by atoms with Crippen molar-refractivity contribution in [2.24, 2.45) is 0 Å². The van der Waals surface area contributed by atoms with Gasteiger partial charge in [-0.15, -0.1) is 0 Å². The van der Waals surface area contributed by atoms with Crippen molar-refractivity contribution in [3.63, 3.8) is 0 Å². The summed E-state index contributed by atoms with van der Waals surface area (Å²) in [5, 5.41) is 14.3. The van der Waals surface area contributed by atoms with Crippen molar-refractivity contribution < 1.29 is 19.0 Å². The molecule has 0 radical (unpaired) electrons. The highest BCUT2D eigenvalue weighted by atomic mass is 35.5. The summed E-state index contributed by atoms with van der Waals surface area (Å²) >= 11 is 5.66. The van der Waals surface area contributed by atoms with E-state index in [4.69, 9.17) is 16.3 Å². The van der Waals surface area contributed by atoms with Gasteiger partial charge in [-0.2, -0.15) is 9.61 Å². The van der Waals surface area contributed by atoms with E-state index >= 15 is 0 Å². The summed E-state index contributed by atoms with van der Waals surface area (Å²) in [6.45, 7) is 0. The van der Waals surface area contributed by atoms with Gasteiger partial charge in [0, 0.05) is 12.5 Å². The molecule has 0 atom stereocenters. The SMILES string of the molecule is COC(=O)c1nc2ccnn2c(O)c1Cc1ccc(Cl)c(F)c1. The number of ether oxygens (including phenoxy) is 1. The zero-order valence-electron chi connectivity index (χ0n) is 12.0. The van der Waals surface area contributed by atoms with Crippen molar-refractivity contribution in [3.05, 3.63) is 58.1 Å². The molecule has 3 rings (SSSR count). The normalized spacial score (nSPS) is 10.9. The number of halogens is 2. The number of aromatic nitrogens is 3. The molecule has 118 valence electrons. The van der Waals surface area contributed by atoms with Crippen LogP contribution >= 0.6 is 11.6 Å². The van der Waals surface area contributed by atoms with E-state index in [1.807, 2.05) is 0 Å². The number of aromatic hydroxyl groups is 1. The molecular formula is C15H11ClFN3O3. The first kappa shape index (κ1) is 15.2. The molecule has 0 saturated carbocycles. The van der Waals surface area contributed by atoms with E-state index in [0.717, 1.165) is 0 Å². The molecule has 2 heterocycles. The summed E-state index contributed by atoms with van der Waals surface area (Å²) < 4.78 is 19.5. The van der Waals surface area contributed by atoms with Crippen LogP contribution in [0.5, 0.6) is 5.88 Å². The van der Waals surface area contributed by atoms with Crippen LogP contribution in [0.2, 0.25) is 5.02 Å². The second kappa shape index (κ2) is 5.85. The molecule has 8 heteroatoms. The molecule has 0 saturated heterocycles. The van der Waals surface area contributed by atoms with Crippen molar-refractivity contribution in [3.8, 4) is 5.88 Å². The van der Waals surface area contributed by atoms with Gasteiger partial charge in [-0.3, -0.25) is 0 Å². The quantitative estimate of drug-likeness (QED) is 0.744. The zero-order chi connectivity index (χ0) is 16.6. The first-order valence-electron chi connectivity index (χ1n) is 6.59. The van der Waals surface area contributed by atoms with Crippen molar-refractivity contribution in [1.29, 1.82) is 0 Å². The minimum Gasteiger partial charge on any atom is -0.493 e. The summed E-state index contributed by atoms with van der Waals surface area (Å²) in [4.78, 5) is 16.1. The number of fused-ring (bicyclic) bond motifs is 1. The summed E-state index contributed by atoms with van der Waals surface area (Å²) in [5.74, 6) is -1.54. The highest BCUT2D eigenvalue weighted by Crippen LogP contribution is 2.26. The highest BCUT2D eigenvalue weighted by Gasteiger charge is 2.22. The van der Waals surface area contributed by atoms with Gasteiger partial charge in [0.05, 0.1) is 23.9 Å². The van der Waals surface area contributed by atoms with E-state index in [1.165, 1.54) is 36.0 Å². The number of benzene rings is 1.